The Hall–Kier alpha value is -2.14. The Morgan fingerprint density at radius 3 is 1.97 bits per heavy atom. The highest BCUT2D eigenvalue weighted by molar-refractivity contribution is 6.11. The van der Waals surface area contributed by atoms with E-state index < -0.39 is 48.3 Å². The first-order valence-corrected chi connectivity index (χ1v) is 12.5. The predicted molar refractivity (Wildman–Crippen MR) is 127 cm³/mol. The van der Waals surface area contributed by atoms with Crippen LogP contribution in [0, 0.1) is 0 Å². The van der Waals surface area contributed by atoms with Gasteiger partial charge in [-0.25, -0.2) is 9.59 Å². The number of aliphatic hydroxyl groups excluding tert-OH is 3. The number of Topliss-reactive ketones (excluding diaryl/α,β-unsaturated/α-hetero) is 1. The molecule has 0 aromatic carbocycles. The zero-order valence-corrected chi connectivity index (χ0v) is 20.9. The minimum atomic E-state index is -3.61. The number of carbonyl (C=O) groups is 4. The van der Waals surface area contributed by atoms with Gasteiger partial charge in [-0.3, -0.25) is 9.59 Å². The van der Waals surface area contributed by atoms with E-state index in [2.05, 4.69) is 16.4 Å². The van der Waals surface area contributed by atoms with Gasteiger partial charge in [0.05, 0.1) is 6.61 Å². The summed E-state index contributed by atoms with van der Waals surface area (Å²) in [6, 6.07) is 0. The van der Waals surface area contributed by atoms with Gasteiger partial charge in [0.2, 0.25) is 12.1 Å². The van der Waals surface area contributed by atoms with E-state index in [1.54, 1.807) is 0 Å². The van der Waals surface area contributed by atoms with Crippen LogP contribution >= 0.6 is 0 Å². The summed E-state index contributed by atoms with van der Waals surface area (Å²) < 4.78 is 9.06. The quantitative estimate of drug-likeness (QED) is 0.0637. The molecule has 0 aliphatic rings. The molecule has 0 radical (unpaired) electrons. The molecule has 0 aliphatic carbocycles. The van der Waals surface area contributed by atoms with Crippen LogP contribution in [0.5, 0.6) is 0 Å². The van der Waals surface area contributed by atoms with E-state index in [1.165, 1.54) is 12.5 Å². The van der Waals surface area contributed by atoms with E-state index in [4.69, 9.17) is 5.11 Å². The summed E-state index contributed by atoms with van der Waals surface area (Å²) in [7, 11) is 0. The number of unbranched alkanes of at least 4 members (excludes halogenated alkanes) is 10. The van der Waals surface area contributed by atoms with Gasteiger partial charge in [0.25, 0.3) is 5.60 Å². The molecule has 0 heterocycles. The molecule has 0 aromatic rings. The molecule has 0 bridgehead atoms. The van der Waals surface area contributed by atoms with Gasteiger partial charge in [-0.05, 0) is 19.3 Å². The largest absolute Gasteiger partial charge is 0.428 e. The van der Waals surface area contributed by atoms with Crippen LogP contribution in [0.25, 0.3) is 0 Å². The van der Waals surface area contributed by atoms with Gasteiger partial charge in [0.15, 0.2) is 0 Å². The second kappa shape index (κ2) is 19.1. The Bertz CT molecular complexity index is 675. The summed E-state index contributed by atoms with van der Waals surface area (Å²) in [5, 5.41) is 39.4. The van der Waals surface area contributed by atoms with E-state index in [1.807, 2.05) is 6.92 Å². The fraction of sp³-hybridized carbons (Fsp3) is 0.760. The molecule has 0 aliphatic heterocycles. The molecule has 10 heteroatoms. The first kappa shape index (κ1) is 32.9. The number of hydrogen-bond acceptors (Lipinski definition) is 10. The van der Waals surface area contributed by atoms with Crippen molar-refractivity contribution in [3.63, 3.8) is 0 Å². The van der Waals surface area contributed by atoms with Crippen LogP contribution in [0.3, 0.4) is 0 Å². The summed E-state index contributed by atoms with van der Waals surface area (Å²) in [4.78, 5) is 48.7. The molecule has 0 aromatic heterocycles. The van der Waals surface area contributed by atoms with Crippen LogP contribution in [-0.4, -0.2) is 68.7 Å². The van der Waals surface area contributed by atoms with Crippen molar-refractivity contribution < 1.29 is 49.1 Å². The highest BCUT2D eigenvalue weighted by atomic mass is 16.7. The van der Waals surface area contributed by atoms with Gasteiger partial charge in [-0.1, -0.05) is 77.7 Å². The number of rotatable bonds is 20. The van der Waals surface area contributed by atoms with Crippen LogP contribution in [0.1, 0.15) is 97.3 Å². The minimum Gasteiger partial charge on any atom is -0.428 e. The Morgan fingerprint density at radius 2 is 1.40 bits per heavy atom. The molecule has 0 amide bonds. The zero-order valence-electron chi connectivity index (χ0n) is 20.9. The van der Waals surface area contributed by atoms with Crippen LogP contribution in [-0.2, 0) is 28.7 Å². The standard InChI is InChI=1S/C25H42O10/c1-3-5-7-9-10-11-13-15-17-21(29)35-24(32)25(33,22(30)19(27)18-26)23(31)34-20(28)16-14-12-8-6-4-2/h15,17,19,24,26-27,32-33H,3-14,16,18H2,1-2H3/b17-15+. The van der Waals surface area contributed by atoms with E-state index in [0.29, 0.717) is 19.3 Å². The molecule has 3 atom stereocenters. The van der Waals surface area contributed by atoms with Crippen LogP contribution < -0.4 is 0 Å². The van der Waals surface area contributed by atoms with E-state index >= 15 is 0 Å². The molecule has 0 fully saturated rings. The molecule has 0 saturated carbocycles. The molecule has 3 unspecified atom stereocenters. The van der Waals surface area contributed by atoms with Crippen LogP contribution in [0.4, 0.5) is 0 Å². The number of hydrogen-bond donors (Lipinski definition) is 4. The lowest BCUT2D eigenvalue weighted by atomic mass is 9.93. The van der Waals surface area contributed by atoms with E-state index in [0.717, 1.165) is 57.4 Å². The van der Waals surface area contributed by atoms with Crippen molar-refractivity contribution >= 4 is 23.7 Å². The third kappa shape index (κ3) is 12.9. The predicted octanol–water partition coefficient (Wildman–Crippen LogP) is 2.24. The van der Waals surface area contributed by atoms with Gasteiger partial charge in [-0.2, -0.15) is 0 Å². The lowest BCUT2D eigenvalue weighted by Gasteiger charge is -2.29. The molecule has 10 nitrogen and oxygen atoms in total. The average molecular weight is 503 g/mol. The highest BCUT2D eigenvalue weighted by Gasteiger charge is 2.56. The fourth-order valence-corrected chi connectivity index (χ4v) is 3.22. The van der Waals surface area contributed by atoms with Crippen molar-refractivity contribution in [2.75, 3.05) is 6.61 Å². The first-order valence-electron chi connectivity index (χ1n) is 12.5. The van der Waals surface area contributed by atoms with Gasteiger partial charge in [0, 0.05) is 12.5 Å². The Labute approximate surface area is 207 Å². The Morgan fingerprint density at radius 1 is 0.857 bits per heavy atom. The van der Waals surface area contributed by atoms with Gasteiger partial charge in [0.1, 0.15) is 6.10 Å². The van der Waals surface area contributed by atoms with Gasteiger partial charge in [-0.15, -0.1) is 0 Å². The number of ether oxygens (including phenoxy) is 2. The summed E-state index contributed by atoms with van der Waals surface area (Å²) in [6.07, 6.45) is 8.03. The van der Waals surface area contributed by atoms with Crippen molar-refractivity contribution in [1.82, 2.24) is 0 Å². The van der Waals surface area contributed by atoms with E-state index in [9.17, 15) is 34.5 Å². The Balaban J connectivity index is 5.02. The maximum absolute atomic E-state index is 12.4. The molecule has 0 spiro atoms. The molecule has 0 saturated heterocycles. The summed E-state index contributed by atoms with van der Waals surface area (Å²) in [5.41, 5.74) is -3.61. The van der Waals surface area contributed by atoms with Crippen molar-refractivity contribution in [2.24, 2.45) is 0 Å². The van der Waals surface area contributed by atoms with E-state index in [-0.39, 0.29) is 6.42 Å². The Kier molecular flexibility index (Phi) is 17.9. The van der Waals surface area contributed by atoms with Crippen molar-refractivity contribution in [3.05, 3.63) is 12.2 Å². The van der Waals surface area contributed by atoms with Gasteiger partial charge < -0.3 is 29.9 Å². The number of aliphatic hydroxyl groups is 4. The molecule has 4 N–H and O–H groups in total. The SMILES string of the molecule is CCCCCCCC/C=C/C(=O)OC(O)C(O)(C(=O)OC(=O)CCCCCCC)C(=O)C(O)CO. The molecule has 202 valence electrons. The molecule has 0 rings (SSSR count). The molecular weight excluding hydrogens is 460 g/mol. The molecule has 35 heavy (non-hydrogen) atoms. The van der Waals surface area contributed by atoms with Crippen molar-refractivity contribution in [1.29, 1.82) is 0 Å². The zero-order chi connectivity index (χ0) is 26.7. The molecular formula is C25H42O10. The number of esters is 3. The number of ketones is 1. The third-order valence-electron chi connectivity index (χ3n) is 5.42. The maximum atomic E-state index is 12.4. The van der Waals surface area contributed by atoms with Crippen LogP contribution in [0.2, 0.25) is 0 Å². The average Bonchev–Trinajstić information content (AvgIpc) is 2.83. The highest BCUT2D eigenvalue weighted by Crippen LogP contribution is 2.20. The smallest absolute Gasteiger partial charge is 0.360 e. The third-order valence-corrected chi connectivity index (χ3v) is 5.42. The monoisotopic (exact) mass is 502 g/mol. The normalized spacial score (nSPS) is 14.8. The summed E-state index contributed by atoms with van der Waals surface area (Å²) in [5.74, 6) is -5.92. The van der Waals surface area contributed by atoms with Crippen molar-refractivity contribution in [3.8, 4) is 0 Å². The van der Waals surface area contributed by atoms with Gasteiger partial charge >= 0.3 is 17.9 Å². The maximum Gasteiger partial charge on any atom is 0.360 e. The second-order valence-electron chi connectivity index (χ2n) is 8.50. The second-order valence-corrected chi connectivity index (χ2v) is 8.50. The summed E-state index contributed by atoms with van der Waals surface area (Å²) in [6.45, 7) is 2.95. The van der Waals surface area contributed by atoms with Crippen LogP contribution in [0.15, 0.2) is 12.2 Å². The topological polar surface area (TPSA) is 168 Å². The lowest BCUT2D eigenvalue weighted by Crippen LogP contribution is -2.61. The number of carbonyl (C=O) groups excluding carboxylic acids is 4. The summed E-state index contributed by atoms with van der Waals surface area (Å²) >= 11 is 0. The van der Waals surface area contributed by atoms with Crippen molar-refractivity contribution in [2.45, 2.75) is 115 Å². The minimum absolute atomic E-state index is 0.181. The fourth-order valence-electron chi connectivity index (χ4n) is 3.22. The number of allylic oxidation sites excluding steroid dienone is 1. The lowest BCUT2D eigenvalue weighted by molar-refractivity contribution is -0.223. The first-order chi connectivity index (χ1) is 16.6.